The maximum atomic E-state index is 11.8. The molecule has 0 aliphatic carbocycles. The third-order valence-corrected chi connectivity index (χ3v) is 4.07. The van der Waals surface area contributed by atoms with E-state index in [0.717, 1.165) is 22.0 Å². The molecule has 1 aromatic carbocycles. The first-order chi connectivity index (χ1) is 10.0. The molecule has 0 saturated carbocycles. The molecule has 4 nitrogen and oxygen atoms in total. The SMILES string of the molecule is CCNC(=O)c1ccc(NC(C)c2csc(C)n2)c(C)c1. The van der Waals surface area contributed by atoms with Crippen molar-refractivity contribution in [2.75, 3.05) is 11.9 Å². The summed E-state index contributed by atoms with van der Waals surface area (Å²) in [5.74, 6) is -0.0321. The van der Waals surface area contributed by atoms with Crippen LogP contribution in [0, 0.1) is 13.8 Å². The Morgan fingerprint density at radius 2 is 2.14 bits per heavy atom. The number of carbonyl (C=O) groups is 1. The second kappa shape index (κ2) is 6.72. The van der Waals surface area contributed by atoms with Crippen LogP contribution in [0.4, 0.5) is 5.69 Å². The molecular formula is C16H21N3OS. The van der Waals surface area contributed by atoms with Crippen LogP contribution >= 0.6 is 11.3 Å². The van der Waals surface area contributed by atoms with E-state index in [4.69, 9.17) is 0 Å². The van der Waals surface area contributed by atoms with E-state index >= 15 is 0 Å². The van der Waals surface area contributed by atoms with Gasteiger partial charge in [0, 0.05) is 23.2 Å². The van der Waals surface area contributed by atoms with Crippen LogP contribution in [0.25, 0.3) is 0 Å². The van der Waals surface area contributed by atoms with E-state index < -0.39 is 0 Å². The molecule has 1 amide bonds. The smallest absolute Gasteiger partial charge is 0.251 e. The highest BCUT2D eigenvalue weighted by Gasteiger charge is 2.11. The van der Waals surface area contributed by atoms with Crippen molar-refractivity contribution in [1.29, 1.82) is 0 Å². The van der Waals surface area contributed by atoms with Gasteiger partial charge in [-0.2, -0.15) is 0 Å². The molecule has 0 spiro atoms. The van der Waals surface area contributed by atoms with Crippen LogP contribution in [0.3, 0.4) is 0 Å². The molecule has 0 fully saturated rings. The highest BCUT2D eigenvalue weighted by atomic mass is 32.1. The zero-order chi connectivity index (χ0) is 15.4. The van der Waals surface area contributed by atoms with Crippen molar-refractivity contribution in [2.24, 2.45) is 0 Å². The van der Waals surface area contributed by atoms with Crippen molar-refractivity contribution in [3.63, 3.8) is 0 Å². The molecule has 2 aromatic rings. The fourth-order valence-electron chi connectivity index (χ4n) is 2.12. The van der Waals surface area contributed by atoms with Crippen LogP contribution in [0.1, 0.15) is 46.5 Å². The first kappa shape index (κ1) is 15.5. The zero-order valence-corrected chi connectivity index (χ0v) is 13.7. The van der Waals surface area contributed by atoms with E-state index in [9.17, 15) is 4.79 Å². The topological polar surface area (TPSA) is 54.0 Å². The average molecular weight is 303 g/mol. The molecule has 5 heteroatoms. The van der Waals surface area contributed by atoms with Gasteiger partial charge < -0.3 is 10.6 Å². The predicted octanol–water partition coefficient (Wildman–Crippen LogP) is 3.68. The number of aryl methyl sites for hydroxylation is 2. The summed E-state index contributed by atoms with van der Waals surface area (Å²) < 4.78 is 0. The number of nitrogens with zero attached hydrogens (tertiary/aromatic N) is 1. The van der Waals surface area contributed by atoms with Crippen LogP contribution < -0.4 is 10.6 Å². The van der Waals surface area contributed by atoms with Gasteiger partial charge in [0.05, 0.1) is 16.7 Å². The van der Waals surface area contributed by atoms with Crippen LogP contribution in [0.2, 0.25) is 0 Å². The lowest BCUT2D eigenvalue weighted by Crippen LogP contribution is -2.22. The summed E-state index contributed by atoms with van der Waals surface area (Å²) in [4.78, 5) is 16.3. The Kier molecular flexibility index (Phi) is 4.96. The van der Waals surface area contributed by atoms with E-state index in [0.29, 0.717) is 12.1 Å². The van der Waals surface area contributed by atoms with Gasteiger partial charge in [-0.05, 0) is 51.5 Å². The quantitative estimate of drug-likeness (QED) is 0.886. The lowest BCUT2D eigenvalue weighted by Gasteiger charge is -2.16. The minimum absolute atomic E-state index is 0.0321. The second-order valence-electron chi connectivity index (χ2n) is 5.05. The predicted molar refractivity (Wildman–Crippen MR) is 88.1 cm³/mol. The standard InChI is InChI=1S/C16H21N3OS/c1-5-17-16(20)13-6-7-14(10(2)8-13)18-11(3)15-9-21-12(4)19-15/h6-9,11,18H,5H2,1-4H3,(H,17,20). The largest absolute Gasteiger partial charge is 0.377 e. The number of aromatic nitrogens is 1. The maximum Gasteiger partial charge on any atom is 0.251 e. The van der Waals surface area contributed by atoms with Gasteiger partial charge in [0.15, 0.2) is 0 Å². The summed E-state index contributed by atoms with van der Waals surface area (Å²) in [5, 5.41) is 9.41. The minimum atomic E-state index is -0.0321. The fourth-order valence-corrected chi connectivity index (χ4v) is 2.82. The Morgan fingerprint density at radius 3 is 2.71 bits per heavy atom. The number of hydrogen-bond donors (Lipinski definition) is 2. The number of nitrogens with one attached hydrogen (secondary N) is 2. The minimum Gasteiger partial charge on any atom is -0.377 e. The van der Waals surface area contributed by atoms with Gasteiger partial charge in [0.2, 0.25) is 0 Å². The zero-order valence-electron chi connectivity index (χ0n) is 12.9. The van der Waals surface area contributed by atoms with Gasteiger partial charge >= 0.3 is 0 Å². The Balaban J connectivity index is 2.12. The summed E-state index contributed by atoms with van der Waals surface area (Å²) in [5.41, 5.74) is 3.82. The first-order valence-electron chi connectivity index (χ1n) is 7.08. The van der Waals surface area contributed by atoms with Crippen molar-refractivity contribution in [2.45, 2.75) is 33.7 Å². The number of benzene rings is 1. The number of rotatable bonds is 5. The average Bonchev–Trinajstić information content (AvgIpc) is 2.88. The number of amides is 1. The Bertz CT molecular complexity index is 636. The van der Waals surface area contributed by atoms with Crippen molar-refractivity contribution < 1.29 is 4.79 Å². The van der Waals surface area contributed by atoms with Crippen molar-refractivity contribution in [1.82, 2.24) is 10.3 Å². The van der Waals surface area contributed by atoms with Crippen LogP contribution in [-0.4, -0.2) is 17.4 Å². The van der Waals surface area contributed by atoms with E-state index in [1.807, 2.05) is 39.0 Å². The normalized spacial score (nSPS) is 12.0. The van der Waals surface area contributed by atoms with E-state index in [1.54, 1.807) is 11.3 Å². The molecule has 1 atom stereocenters. The van der Waals surface area contributed by atoms with E-state index in [2.05, 4.69) is 27.9 Å². The first-order valence-corrected chi connectivity index (χ1v) is 7.96. The highest BCUT2D eigenvalue weighted by molar-refractivity contribution is 7.09. The molecule has 1 aromatic heterocycles. The van der Waals surface area contributed by atoms with Gasteiger partial charge in [-0.15, -0.1) is 11.3 Å². The van der Waals surface area contributed by atoms with Crippen molar-refractivity contribution in [3.05, 3.63) is 45.4 Å². The Morgan fingerprint density at radius 1 is 1.38 bits per heavy atom. The van der Waals surface area contributed by atoms with Crippen LogP contribution in [-0.2, 0) is 0 Å². The summed E-state index contributed by atoms with van der Waals surface area (Å²) in [6.07, 6.45) is 0. The van der Waals surface area contributed by atoms with Gasteiger partial charge in [-0.1, -0.05) is 0 Å². The summed E-state index contributed by atoms with van der Waals surface area (Å²) in [6.45, 7) is 8.65. The highest BCUT2D eigenvalue weighted by Crippen LogP contribution is 2.24. The van der Waals surface area contributed by atoms with Gasteiger partial charge in [-0.3, -0.25) is 4.79 Å². The molecule has 1 heterocycles. The molecule has 0 radical (unpaired) electrons. The molecule has 0 aliphatic rings. The van der Waals surface area contributed by atoms with Crippen LogP contribution in [0.5, 0.6) is 0 Å². The monoisotopic (exact) mass is 303 g/mol. The second-order valence-corrected chi connectivity index (χ2v) is 6.11. The van der Waals surface area contributed by atoms with Crippen molar-refractivity contribution >= 4 is 22.9 Å². The summed E-state index contributed by atoms with van der Waals surface area (Å²) in [6, 6.07) is 5.85. The molecular weight excluding hydrogens is 282 g/mol. The lowest BCUT2D eigenvalue weighted by atomic mass is 10.1. The number of anilines is 1. The lowest BCUT2D eigenvalue weighted by molar-refractivity contribution is 0.0956. The summed E-state index contributed by atoms with van der Waals surface area (Å²) >= 11 is 1.66. The van der Waals surface area contributed by atoms with Crippen molar-refractivity contribution in [3.8, 4) is 0 Å². The number of hydrogen-bond acceptors (Lipinski definition) is 4. The molecule has 0 aliphatic heterocycles. The third kappa shape index (κ3) is 3.82. The van der Waals surface area contributed by atoms with Gasteiger partial charge in [0.1, 0.15) is 0 Å². The molecule has 2 N–H and O–H groups in total. The van der Waals surface area contributed by atoms with Crippen LogP contribution in [0.15, 0.2) is 23.6 Å². The molecule has 0 saturated heterocycles. The Labute approximate surface area is 129 Å². The summed E-state index contributed by atoms with van der Waals surface area (Å²) in [7, 11) is 0. The molecule has 2 rings (SSSR count). The Hall–Kier alpha value is -1.88. The van der Waals surface area contributed by atoms with Gasteiger partial charge in [0.25, 0.3) is 5.91 Å². The molecule has 0 bridgehead atoms. The van der Waals surface area contributed by atoms with E-state index in [1.165, 1.54) is 0 Å². The number of carbonyl (C=O) groups excluding carboxylic acids is 1. The molecule has 1 unspecified atom stereocenters. The molecule has 112 valence electrons. The maximum absolute atomic E-state index is 11.8. The fraction of sp³-hybridized carbons (Fsp3) is 0.375. The van der Waals surface area contributed by atoms with Gasteiger partial charge in [-0.25, -0.2) is 4.98 Å². The number of thiazole rings is 1. The third-order valence-electron chi connectivity index (χ3n) is 3.28. The molecule has 21 heavy (non-hydrogen) atoms. The van der Waals surface area contributed by atoms with E-state index in [-0.39, 0.29) is 11.9 Å².